The van der Waals surface area contributed by atoms with Gasteiger partial charge >= 0.3 is 5.97 Å². The first-order chi connectivity index (χ1) is 9.20. The number of anilines is 1. The van der Waals surface area contributed by atoms with Gasteiger partial charge in [-0.1, -0.05) is 0 Å². The Morgan fingerprint density at radius 1 is 1.53 bits per heavy atom. The van der Waals surface area contributed by atoms with E-state index in [1.807, 2.05) is 6.07 Å². The second kappa shape index (κ2) is 5.64. The van der Waals surface area contributed by atoms with Crippen LogP contribution < -0.4 is 5.32 Å². The first kappa shape index (κ1) is 12.6. The van der Waals surface area contributed by atoms with Crippen molar-refractivity contribution in [1.29, 1.82) is 5.26 Å². The molecule has 0 saturated carbocycles. The minimum absolute atomic E-state index is 0.00977. The number of carboxylic acid groups (broad SMARTS) is 1. The lowest BCUT2D eigenvalue weighted by Crippen LogP contribution is -2.11. The standard InChI is InChI=1S/C12H11N5O2/c13-6-9-2-1-3-14-11(9)15-4-5-17-7-10(12(18)19)16-8-17/h1-3,7-8H,4-5H2,(H,14,15)(H,18,19). The van der Waals surface area contributed by atoms with E-state index in [2.05, 4.69) is 15.3 Å². The summed E-state index contributed by atoms with van der Waals surface area (Å²) in [5.41, 5.74) is 0.481. The summed E-state index contributed by atoms with van der Waals surface area (Å²) in [5, 5.41) is 20.6. The smallest absolute Gasteiger partial charge is 0.356 e. The molecule has 0 amide bonds. The Balaban J connectivity index is 1.93. The summed E-state index contributed by atoms with van der Waals surface area (Å²) in [6, 6.07) is 5.41. The summed E-state index contributed by atoms with van der Waals surface area (Å²) in [6.45, 7) is 1.04. The van der Waals surface area contributed by atoms with Crippen LogP contribution in [0.3, 0.4) is 0 Å². The van der Waals surface area contributed by atoms with Crippen LogP contribution in [-0.4, -0.2) is 32.2 Å². The highest BCUT2D eigenvalue weighted by molar-refractivity contribution is 5.84. The molecule has 0 aromatic carbocycles. The Kier molecular flexibility index (Phi) is 3.73. The molecule has 19 heavy (non-hydrogen) atoms. The number of nitriles is 1. The maximum absolute atomic E-state index is 10.7. The molecule has 96 valence electrons. The van der Waals surface area contributed by atoms with Gasteiger partial charge in [-0.2, -0.15) is 5.26 Å². The number of hydrogen-bond donors (Lipinski definition) is 2. The van der Waals surface area contributed by atoms with Crippen molar-refractivity contribution in [1.82, 2.24) is 14.5 Å². The molecule has 0 bridgehead atoms. The van der Waals surface area contributed by atoms with Gasteiger partial charge in [-0.15, -0.1) is 0 Å². The van der Waals surface area contributed by atoms with Crippen molar-refractivity contribution >= 4 is 11.8 Å². The fourth-order valence-corrected chi connectivity index (χ4v) is 1.53. The number of hydrogen-bond acceptors (Lipinski definition) is 5. The topological polar surface area (TPSA) is 104 Å². The highest BCUT2D eigenvalue weighted by Crippen LogP contribution is 2.09. The molecule has 0 unspecified atom stereocenters. The number of nitrogens with zero attached hydrogens (tertiary/aromatic N) is 4. The molecule has 0 saturated heterocycles. The van der Waals surface area contributed by atoms with Crippen LogP contribution in [0.4, 0.5) is 5.82 Å². The van der Waals surface area contributed by atoms with Gasteiger partial charge < -0.3 is 15.0 Å². The minimum Gasteiger partial charge on any atom is -0.476 e. The van der Waals surface area contributed by atoms with Crippen molar-refractivity contribution in [2.45, 2.75) is 6.54 Å². The summed E-state index contributed by atoms with van der Waals surface area (Å²) < 4.78 is 1.66. The predicted octanol–water partition coefficient (Wildman–Crippen LogP) is 0.960. The van der Waals surface area contributed by atoms with E-state index in [1.165, 1.54) is 12.5 Å². The number of aromatic carboxylic acids is 1. The van der Waals surface area contributed by atoms with Gasteiger partial charge in [0, 0.05) is 25.5 Å². The summed E-state index contributed by atoms with van der Waals surface area (Å²) >= 11 is 0. The zero-order valence-corrected chi connectivity index (χ0v) is 9.95. The first-order valence-electron chi connectivity index (χ1n) is 5.55. The molecule has 0 atom stereocenters. The fourth-order valence-electron chi connectivity index (χ4n) is 1.53. The quantitative estimate of drug-likeness (QED) is 0.826. The zero-order valence-electron chi connectivity index (χ0n) is 9.95. The molecule has 2 heterocycles. The van der Waals surface area contributed by atoms with Crippen molar-refractivity contribution < 1.29 is 9.90 Å². The SMILES string of the molecule is N#Cc1cccnc1NCCn1cnc(C(=O)O)c1. The van der Waals surface area contributed by atoms with Crippen LogP contribution in [0.15, 0.2) is 30.9 Å². The molecule has 0 radical (unpaired) electrons. The molecule has 2 aromatic heterocycles. The van der Waals surface area contributed by atoms with Gasteiger partial charge in [0.05, 0.1) is 11.9 Å². The first-order valence-corrected chi connectivity index (χ1v) is 5.55. The average molecular weight is 257 g/mol. The molecule has 0 fully saturated rings. The van der Waals surface area contributed by atoms with Crippen molar-refractivity contribution in [3.05, 3.63) is 42.1 Å². The van der Waals surface area contributed by atoms with E-state index >= 15 is 0 Å². The maximum atomic E-state index is 10.7. The normalized spacial score (nSPS) is 9.84. The lowest BCUT2D eigenvalue weighted by molar-refractivity contribution is 0.0691. The number of rotatable bonds is 5. The summed E-state index contributed by atoms with van der Waals surface area (Å²) in [7, 11) is 0. The van der Waals surface area contributed by atoms with Crippen LogP contribution in [0.1, 0.15) is 16.1 Å². The van der Waals surface area contributed by atoms with Gasteiger partial charge in [0.2, 0.25) is 0 Å². The molecule has 7 heteroatoms. The summed E-state index contributed by atoms with van der Waals surface area (Å²) in [6.07, 6.45) is 4.51. The molecule has 0 aliphatic rings. The Morgan fingerprint density at radius 3 is 3.05 bits per heavy atom. The van der Waals surface area contributed by atoms with E-state index in [1.54, 1.807) is 22.9 Å². The molecule has 0 aliphatic carbocycles. The van der Waals surface area contributed by atoms with Crippen molar-refractivity contribution in [2.24, 2.45) is 0 Å². The van der Waals surface area contributed by atoms with E-state index < -0.39 is 5.97 Å². The maximum Gasteiger partial charge on any atom is 0.356 e. The van der Waals surface area contributed by atoms with Crippen LogP contribution in [0.2, 0.25) is 0 Å². The van der Waals surface area contributed by atoms with Gasteiger partial charge in [0.1, 0.15) is 11.9 Å². The second-order valence-corrected chi connectivity index (χ2v) is 3.74. The zero-order chi connectivity index (χ0) is 13.7. The van der Waals surface area contributed by atoms with Crippen molar-refractivity contribution in [2.75, 3.05) is 11.9 Å². The highest BCUT2D eigenvalue weighted by Gasteiger charge is 2.06. The third-order valence-electron chi connectivity index (χ3n) is 2.44. The van der Waals surface area contributed by atoms with E-state index in [-0.39, 0.29) is 5.69 Å². The average Bonchev–Trinajstić information content (AvgIpc) is 2.88. The number of carbonyl (C=O) groups is 1. The monoisotopic (exact) mass is 257 g/mol. The van der Waals surface area contributed by atoms with Gasteiger partial charge in [-0.25, -0.2) is 14.8 Å². The third-order valence-corrected chi connectivity index (χ3v) is 2.44. The van der Waals surface area contributed by atoms with E-state index in [9.17, 15) is 4.79 Å². The molecule has 7 nitrogen and oxygen atoms in total. The van der Waals surface area contributed by atoms with Crippen molar-refractivity contribution in [3.63, 3.8) is 0 Å². The van der Waals surface area contributed by atoms with Crippen molar-refractivity contribution in [3.8, 4) is 6.07 Å². The predicted molar refractivity (Wildman–Crippen MR) is 66.6 cm³/mol. The number of aromatic nitrogens is 3. The Morgan fingerprint density at radius 2 is 2.37 bits per heavy atom. The Hall–Kier alpha value is -2.88. The number of nitrogens with one attached hydrogen (secondary N) is 1. The minimum atomic E-state index is -1.05. The molecule has 2 rings (SSSR count). The van der Waals surface area contributed by atoms with E-state index in [0.29, 0.717) is 24.5 Å². The molecular formula is C12H11N5O2. The largest absolute Gasteiger partial charge is 0.476 e. The van der Waals surface area contributed by atoms with Crippen LogP contribution in [-0.2, 0) is 6.54 Å². The molecule has 2 N–H and O–H groups in total. The number of pyridine rings is 1. The number of imidazole rings is 1. The molecule has 0 aliphatic heterocycles. The summed E-state index contributed by atoms with van der Waals surface area (Å²) in [5.74, 6) is -0.535. The molecular weight excluding hydrogens is 246 g/mol. The van der Waals surface area contributed by atoms with Crippen LogP contribution in [0, 0.1) is 11.3 Å². The highest BCUT2D eigenvalue weighted by atomic mass is 16.4. The summed E-state index contributed by atoms with van der Waals surface area (Å²) in [4.78, 5) is 18.5. The third kappa shape index (κ3) is 3.07. The second-order valence-electron chi connectivity index (χ2n) is 3.74. The molecule has 0 spiro atoms. The molecule has 2 aromatic rings. The Labute approximate surface area is 109 Å². The van der Waals surface area contributed by atoms with Crippen LogP contribution in [0.5, 0.6) is 0 Å². The van der Waals surface area contributed by atoms with E-state index in [4.69, 9.17) is 10.4 Å². The van der Waals surface area contributed by atoms with Gasteiger partial charge in [-0.3, -0.25) is 0 Å². The van der Waals surface area contributed by atoms with Gasteiger partial charge in [0.15, 0.2) is 5.69 Å². The lowest BCUT2D eigenvalue weighted by atomic mass is 10.3. The van der Waals surface area contributed by atoms with E-state index in [0.717, 1.165) is 0 Å². The van der Waals surface area contributed by atoms with Crippen LogP contribution >= 0.6 is 0 Å². The van der Waals surface area contributed by atoms with Gasteiger partial charge in [-0.05, 0) is 12.1 Å². The fraction of sp³-hybridized carbons (Fsp3) is 0.167. The Bertz CT molecular complexity index is 629. The lowest BCUT2D eigenvalue weighted by Gasteiger charge is -2.06. The number of carboxylic acids is 1. The van der Waals surface area contributed by atoms with Crippen LogP contribution in [0.25, 0.3) is 0 Å². The van der Waals surface area contributed by atoms with Gasteiger partial charge in [0.25, 0.3) is 0 Å².